The van der Waals surface area contributed by atoms with E-state index < -0.39 is 6.10 Å². The molecule has 0 spiro atoms. The molecule has 6 heteroatoms. The van der Waals surface area contributed by atoms with E-state index in [1.807, 2.05) is 0 Å². The second-order valence-corrected chi connectivity index (χ2v) is 18.4. The summed E-state index contributed by atoms with van der Waals surface area (Å²) in [6.07, 6.45) is 43.8. The molecule has 0 aliphatic carbocycles. The van der Waals surface area contributed by atoms with Crippen molar-refractivity contribution in [2.45, 2.75) is 285 Å². The van der Waals surface area contributed by atoms with Crippen LogP contribution in [0.1, 0.15) is 279 Å². The van der Waals surface area contributed by atoms with E-state index in [4.69, 9.17) is 14.2 Å². The predicted molar refractivity (Wildman–Crippen MR) is 243 cm³/mol. The Balaban J connectivity index is 4.26. The molecule has 0 saturated heterocycles. The Hall–Kier alpha value is -1.59. The Bertz CT molecular complexity index is 870. The number of ether oxygens (including phenoxy) is 3. The summed E-state index contributed by atoms with van der Waals surface area (Å²) in [6, 6.07) is 0. The van der Waals surface area contributed by atoms with Crippen LogP contribution in [0.2, 0.25) is 0 Å². The minimum atomic E-state index is -0.761. The van der Waals surface area contributed by atoms with Gasteiger partial charge in [0.1, 0.15) is 13.2 Å². The summed E-state index contributed by atoms with van der Waals surface area (Å²) >= 11 is 0. The zero-order chi connectivity index (χ0) is 41.9. The monoisotopic (exact) mass is 807 g/mol. The molecule has 0 N–H and O–H groups in total. The maximum absolute atomic E-state index is 12.7. The zero-order valence-electron chi connectivity index (χ0n) is 39.0. The van der Waals surface area contributed by atoms with Crippen LogP contribution >= 0.6 is 0 Å². The molecule has 6 nitrogen and oxygen atoms in total. The molecule has 0 aromatic carbocycles. The third-order valence-corrected chi connectivity index (χ3v) is 11.5. The van der Waals surface area contributed by atoms with Gasteiger partial charge in [-0.05, 0) is 31.1 Å². The summed E-state index contributed by atoms with van der Waals surface area (Å²) < 4.78 is 16.8. The van der Waals surface area contributed by atoms with Crippen LogP contribution in [0, 0.1) is 11.8 Å². The first-order valence-corrected chi connectivity index (χ1v) is 25.2. The average Bonchev–Trinajstić information content (AvgIpc) is 3.18. The van der Waals surface area contributed by atoms with Gasteiger partial charge in [-0.15, -0.1) is 0 Å². The first-order chi connectivity index (χ1) is 27.7. The Labute approximate surface area is 355 Å². The lowest BCUT2D eigenvalue weighted by atomic mass is 10.0. The molecule has 0 heterocycles. The average molecular weight is 807 g/mol. The molecule has 0 unspecified atom stereocenters. The standard InChI is InChI=1S/C51H98O6/c1-6-7-8-9-10-11-12-18-21-26-31-36-41-49(52)55-44-48(57-51(54)43-38-33-28-23-25-30-35-40-47(4)5)45-56-50(53)42-37-32-27-22-19-16-14-13-15-17-20-24-29-34-39-46(2)3/h46-48H,6-45H2,1-5H3/t48-/m0/s1. The predicted octanol–water partition coefficient (Wildman–Crippen LogP) is 16.1. The van der Waals surface area contributed by atoms with Gasteiger partial charge in [0.15, 0.2) is 6.10 Å². The van der Waals surface area contributed by atoms with Gasteiger partial charge in [0, 0.05) is 19.3 Å². The molecule has 57 heavy (non-hydrogen) atoms. The number of rotatable bonds is 45. The lowest BCUT2D eigenvalue weighted by Crippen LogP contribution is -2.30. The van der Waals surface area contributed by atoms with Crippen LogP contribution < -0.4 is 0 Å². The molecule has 0 bridgehead atoms. The summed E-state index contributed by atoms with van der Waals surface area (Å²) in [5.74, 6) is 0.770. The van der Waals surface area contributed by atoms with Crippen LogP contribution in [0.4, 0.5) is 0 Å². The fourth-order valence-corrected chi connectivity index (χ4v) is 7.64. The first-order valence-electron chi connectivity index (χ1n) is 25.2. The maximum atomic E-state index is 12.7. The smallest absolute Gasteiger partial charge is 0.306 e. The van der Waals surface area contributed by atoms with Gasteiger partial charge in [0.2, 0.25) is 0 Å². The molecule has 0 amide bonds. The Morgan fingerprint density at radius 1 is 0.333 bits per heavy atom. The molecule has 0 fully saturated rings. The van der Waals surface area contributed by atoms with Gasteiger partial charge in [0.05, 0.1) is 0 Å². The number of carbonyl (C=O) groups excluding carboxylic acids is 3. The van der Waals surface area contributed by atoms with E-state index >= 15 is 0 Å². The third-order valence-electron chi connectivity index (χ3n) is 11.5. The van der Waals surface area contributed by atoms with Gasteiger partial charge in [0.25, 0.3) is 0 Å². The minimum Gasteiger partial charge on any atom is -0.462 e. The summed E-state index contributed by atoms with van der Waals surface area (Å²) in [7, 11) is 0. The van der Waals surface area contributed by atoms with Gasteiger partial charge in [-0.3, -0.25) is 14.4 Å². The number of esters is 3. The van der Waals surface area contributed by atoms with Crippen molar-refractivity contribution in [1.82, 2.24) is 0 Å². The van der Waals surface area contributed by atoms with Crippen LogP contribution in [0.3, 0.4) is 0 Å². The summed E-state index contributed by atoms with van der Waals surface area (Å²) in [5.41, 5.74) is 0. The molecule has 1 atom stereocenters. The molecule has 0 rings (SSSR count). The summed E-state index contributed by atoms with van der Waals surface area (Å²) in [5, 5.41) is 0. The normalized spacial score (nSPS) is 12.1. The zero-order valence-corrected chi connectivity index (χ0v) is 39.0. The molecular weight excluding hydrogens is 709 g/mol. The Morgan fingerprint density at radius 2 is 0.579 bits per heavy atom. The van der Waals surface area contributed by atoms with Gasteiger partial charge in [-0.25, -0.2) is 0 Å². The van der Waals surface area contributed by atoms with E-state index in [0.29, 0.717) is 19.3 Å². The van der Waals surface area contributed by atoms with Crippen molar-refractivity contribution in [3.8, 4) is 0 Å². The van der Waals surface area contributed by atoms with E-state index in [9.17, 15) is 14.4 Å². The quantitative estimate of drug-likeness (QED) is 0.0346. The van der Waals surface area contributed by atoms with Gasteiger partial charge >= 0.3 is 17.9 Å². The summed E-state index contributed by atoms with van der Waals surface area (Å²) in [6.45, 7) is 11.3. The maximum Gasteiger partial charge on any atom is 0.306 e. The van der Waals surface area contributed by atoms with Crippen molar-refractivity contribution >= 4 is 17.9 Å². The largest absolute Gasteiger partial charge is 0.462 e. The first kappa shape index (κ1) is 55.4. The van der Waals surface area contributed by atoms with Crippen LogP contribution in [-0.4, -0.2) is 37.2 Å². The van der Waals surface area contributed by atoms with Gasteiger partial charge in [-0.1, -0.05) is 240 Å². The molecule has 0 saturated carbocycles. The minimum absolute atomic E-state index is 0.0645. The van der Waals surface area contributed by atoms with Crippen LogP contribution in [0.5, 0.6) is 0 Å². The highest BCUT2D eigenvalue weighted by Gasteiger charge is 2.19. The molecule has 0 aromatic heterocycles. The van der Waals surface area contributed by atoms with Crippen LogP contribution in [-0.2, 0) is 28.6 Å². The Morgan fingerprint density at radius 3 is 0.860 bits per heavy atom. The van der Waals surface area contributed by atoms with Crippen LogP contribution in [0.15, 0.2) is 0 Å². The van der Waals surface area contributed by atoms with E-state index in [-0.39, 0.29) is 31.1 Å². The van der Waals surface area contributed by atoms with Crippen molar-refractivity contribution in [3.63, 3.8) is 0 Å². The molecule has 0 aliphatic rings. The second-order valence-electron chi connectivity index (χ2n) is 18.4. The molecule has 338 valence electrons. The highest BCUT2D eigenvalue weighted by atomic mass is 16.6. The number of hydrogen-bond acceptors (Lipinski definition) is 6. The third kappa shape index (κ3) is 45.3. The SMILES string of the molecule is CCCCCCCCCCCCCCC(=O)OC[C@@H](COC(=O)CCCCCCCCCCCCCCCCC(C)C)OC(=O)CCCCCCCCCC(C)C. The van der Waals surface area contributed by atoms with Crippen LogP contribution in [0.25, 0.3) is 0 Å². The van der Waals surface area contributed by atoms with Gasteiger partial charge < -0.3 is 14.2 Å². The fraction of sp³-hybridized carbons (Fsp3) is 0.941. The van der Waals surface area contributed by atoms with Crippen molar-refractivity contribution in [3.05, 3.63) is 0 Å². The molecule has 0 aliphatic heterocycles. The second kappa shape index (κ2) is 44.0. The molecule has 0 radical (unpaired) electrons. The number of hydrogen-bond donors (Lipinski definition) is 0. The number of carbonyl (C=O) groups is 3. The fourth-order valence-electron chi connectivity index (χ4n) is 7.64. The molecule has 0 aromatic rings. The van der Waals surface area contributed by atoms with E-state index in [2.05, 4.69) is 34.6 Å². The highest BCUT2D eigenvalue weighted by Crippen LogP contribution is 2.17. The van der Waals surface area contributed by atoms with Crippen molar-refractivity contribution in [2.75, 3.05) is 13.2 Å². The lowest BCUT2D eigenvalue weighted by Gasteiger charge is -2.18. The lowest BCUT2D eigenvalue weighted by molar-refractivity contribution is -0.167. The topological polar surface area (TPSA) is 78.9 Å². The van der Waals surface area contributed by atoms with E-state index in [1.165, 1.54) is 167 Å². The van der Waals surface area contributed by atoms with Crippen molar-refractivity contribution in [1.29, 1.82) is 0 Å². The number of unbranched alkanes of at least 4 members (excludes halogenated alkanes) is 30. The summed E-state index contributed by atoms with van der Waals surface area (Å²) in [4.78, 5) is 37.8. The highest BCUT2D eigenvalue weighted by molar-refractivity contribution is 5.71. The van der Waals surface area contributed by atoms with Crippen molar-refractivity contribution < 1.29 is 28.6 Å². The van der Waals surface area contributed by atoms with E-state index in [0.717, 1.165) is 69.6 Å². The Kier molecular flexibility index (Phi) is 42.7. The van der Waals surface area contributed by atoms with Crippen molar-refractivity contribution in [2.24, 2.45) is 11.8 Å². The van der Waals surface area contributed by atoms with Gasteiger partial charge in [-0.2, -0.15) is 0 Å². The van der Waals surface area contributed by atoms with E-state index in [1.54, 1.807) is 0 Å². The molecular formula is C51H98O6.